The van der Waals surface area contributed by atoms with E-state index in [-0.39, 0.29) is 0 Å². The molecule has 0 heterocycles. The summed E-state index contributed by atoms with van der Waals surface area (Å²) in [5, 5.41) is 4.07. The highest BCUT2D eigenvalue weighted by atomic mass is 16.2. The second-order valence-electron chi connectivity index (χ2n) is 4.70. The normalized spacial score (nSPS) is 33.5. The Morgan fingerprint density at radius 2 is 2.00 bits per heavy atom. The van der Waals surface area contributed by atoms with Crippen LogP contribution in [0.1, 0.15) is 44.9 Å². The molecule has 4 nitrogen and oxygen atoms in total. The highest BCUT2D eigenvalue weighted by molar-refractivity contribution is 5.86. The molecule has 0 aromatic carbocycles. The molecule has 0 aromatic rings. The minimum Gasteiger partial charge on any atom is -0.350 e. The lowest BCUT2D eigenvalue weighted by atomic mass is 9.70. The summed E-state index contributed by atoms with van der Waals surface area (Å²) < 4.78 is 0. The van der Waals surface area contributed by atoms with E-state index in [2.05, 4.69) is 10.5 Å². The first-order valence-electron chi connectivity index (χ1n) is 5.86. The maximum absolute atomic E-state index is 10.5. The molecule has 0 aliphatic heterocycles. The number of nitrogens with zero attached hydrogens (tertiary/aromatic N) is 1. The number of hydrogen-bond donors (Lipinski definition) is 2. The van der Waals surface area contributed by atoms with Crippen LogP contribution in [0.15, 0.2) is 5.10 Å². The second kappa shape index (κ2) is 4.64. The van der Waals surface area contributed by atoms with Crippen LogP contribution in [0.5, 0.6) is 0 Å². The van der Waals surface area contributed by atoms with Gasteiger partial charge in [-0.1, -0.05) is 19.3 Å². The lowest BCUT2D eigenvalue weighted by Gasteiger charge is -2.35. The molecule has 2 aliphatic rings. The van der Waals surface area contributed by atoms with Crippen LogP contribution in [0.2, 0.25) is 0 Å². The molecule has 0 radical (unpaired) electrons. The molecule has 2 amide bonds. The Morgan fingerprint density at radius 1 is 1.27 bits per heavy atom. The lowest BCUT2D eigenvalue weighted by molar-refractivity contribution is 0.217. The molecule has 0 saturated heterocycles. The summed E-state index contributed by atoms with van der Waals surface area (Å²) in [6.07, 6.45) is 8.81. The number of hydrazone groups is 1. The number of primary amides is 1. The number of amides is 2. The molecule has 0 bridgehead atoms. The van der Waals surface area contributed by atoms with Gasteiger partial charge in [0, 0.05) is 5.71 Å². The van der Waals surface area contributed by atoms with Crippen molar-refractivity contribution in [1.29, 1.82) is 0 Å². The zero-order chi connectivity index (χ0) is 10.7. The third kappa shape index (κ3) is 2.70. The first kappa shape index (κ1) is 10.5. The van der Waals surface area contributed by atoms with E-state index in [1.165, 1.54) is 32.1 Å². The van der Waals surface area contributed by atoms with Gasteiger partial charge in [0.1, 0.15) is 0 Å². The molecule has 2 atom stereocenters. The number of rotatable bonds is 1. The van der Waals surface area contributed by atoms with Crippen LogP contribution in [0.4, 0.5) is 4.79 Å². The number of nitrogens with two attached hydrogens (primary N) is 1. The van der Waals surface area contributed by atoms with Gasteiger partial charge in [-0.25, -0.2) is 10.2 Å². The predicted octanol–water partition coefficient (Wildman–Crippen LogP) is 2.00. The molecular formula is C11H19N3O. The van der Waals surface area contributed by atoms with Crippen molar-refractivity contribution < 1.29 is 4.79 Å². The van der Waals surface area contributed by atoms with Crippen LogP contribution in [0.3, 0.4) is 0 Å². The van der Waals surface area contributed by atoms with Crippen LogP contribution < -0.4 is 11.2 Å². The van der Waals surface area contributed by atoms with Crippen LogP contribution in [0.25, 0.3) is 0 Å². The highest BCUT2D eigenvalue weighted by Gasteiger charge is 2.30. The third-order valence-corrected chi connectivity index (χ3v) is 3.69. The van der Waals surface area contributed by atoms with Crippen molar-refractivity contribution in [2.75, 3.05) is 0 Å². The first-order chi connectivity index (χ1) is 7.25. The van der Waals surface area contributed by atoms with E-state index in [0.29, 0.717) is 0 Å². The van der Waals surface area contributed by atoms with E-state index < -0.39 is 6.03 Å². The van der Waals surface area contributed by atoms with Gasteiger partial charge < -0.3 is 5.73 Å². The fraction of sp³-hybridized carbons (Fsp3) is 0.818. The first-order valence-corrected chi connectivity index (χ1v) is 5.86. The standard InChI is InChI=1S/C11H19N3O/c12-11(15)14-13-10-6-5-8-3-1-2-4-9(8)7-10/h8-9H,1-7H2,(H3,12,14,15)/b13-10-/t8-,9-/m0/s1. The molecular weight excluding hydrogens is 190 g/mol. The second-order valence-corrected chi connectivity index (χ2v) is 4.70. The predicted molar refractivity (Wildman–Crippen MR) is 59.5 cm³/mol. The third-order valence-electron chi connectivity index (χ3n) is 3.69. The Hall–Kier alpha value is -1.06. The Labute approximate surface area is 90.3 Å². The quantitative estimate of drug-likeness (QED) is 0.637. The van der Waals surface area contributed by atoms with Gasteiger partial charge in [-0.05, 0) is 37.5 Å². The maximum Gasteiger partial charge on any atom is 0.332 e. The van der Waals surface area contributed by atoms with Gasteiger partial charge >= 0.3 is 6.03 Å². The summed E-state index contributed by atoms with van der Waals surface area (Å²) in [5.41, 5.74) is 8.44. The minimum atomic E-state index is -0.562. The number of hydrogen-bond acceptors (Lipinski definition) is 2. The number of nitrogens with one attached hydrogen (secondary N) is 1. The number of urea groups is 1. The molecule has 0 unspecified atom stereocenters. The highest BCUT2D eigenvalue weighted by Crippen LogP contribution is 2.39. The van der Waals surface area contributed by atoms with Gasteiger partial charge in [0.2, 0.25) is 0 Å². The Balaban J connectivity index is 1.90. The molecule has 2 rings (SSSR count). The van der Waals surface area contributed by atoms with E-state index in [1.54, 1.807) is 0 Å². The Bertz CT molecular complexity index is 275. The van der Waals surface area contributed by atoms with Gasteiger partial charge in [0.05, 0.1) is 0 Å². The lowest BCUT2D eigenvalue weighted by Crippen LogP contribution is -2.31. The molecule has 2 fully saturated rings. The summed E-state index contributed by atoms with van der Waals surface area (Å²) >= 11 is 0. The molecule has 3 N–H and O–H groups in total. The summed E-state index contributed by atoms with van der Waals surface area (Å²) in [6.45, 7) is 0. The van der Waals surface area contributed by atoms with E-state index in [9.17, 15) is 4.79 Å². The van der Waals surface area contributed by atoms with Crippen molar-refractivity contribution in [3.05, 3.63) is 0 Å². The van der Waals surface area contributed by atoms with Crippen molar-refractivity contribution in [3.8, 4) is 0 Å². The van der Waals surface area contributed by atoms with Crippen molar-refractivity contribution in [2.45, 2.75) is 44.9 Å². The van der Waals surface area contributed by atoms with Gasteiger partial charge in [-0.15, -0.1) is 0 Å². The van der Waals surface area contributed by atoms with Crippen molar-refractivity contribution in [2.24, 2.45) is 22.7 Å². The van der Waals surface area contributed by atoms with E-state index in [1.807, 2.05) is 0 Å². The number of carbonyl (C=O) groups is 1. The SMILES string of the molecule is NC(=O)N/N=C1/CC[C@@H]2CCCC[C@H]2C1. The van der Waals surface area contributed by atoms with Gasteiger partial charge in [-0.2, -0.15) is 5.10 Å². The molecule has 2 aliphatic carbocycles. The van der Waals surface area contributed by atoms with Crippen LogP contribution in [-0.4, -0.2) is 11.7 Å². The van der Waals surface area contributed by atoms with Crippen LogP contribution in [0, 0.1) is 11.8 Å². The van der Waals surface area contributed by atoms with Crippen LogP contribution in [-0.2, 0) is 0 Å². The van der Waals surface area contributed by atoms with Crippen molar-refractivity contribution in [1.82, 2.24) is 5.43 Å². The zero-order valence-corrected chi connectivity index (χ0v) is 9.04. The zero-order valence-electron chi connectivity index (χ0n) is 9.04. The summed E-state index contributed by atoms with van der Waals surface area (Å²) in [4.78, 5) is 10.5. The fourth-order valence-corrected chi connectivity index (χ4v) is 2.93. The molecule has 4 heteroatoms. The summed E-state index contributed by atoms with van der Waals surface area (Å²) in [5.74, 6) is 1.72. The van der Waals surface area contributed by atoms with E-state index in [0.717, 1.165) is 30.4 Å². The van der Waals surface area contributed by atoms with E-state index in [4.69, 9.17) is 5.73 Å². The summed E-state index contributed by atoms with van der Waals surface area (Å²) in [6, 6.07) is -0.562. The number of carbonyl (C=O) groups excluding carboxylic acids is 1. The Morgan fingerprint density at radius 3 is 2.73 bits per heavy atom. The number of fused-ring (bicyclic) bond motifs is 1. The van der Waals surface area contributed by atoms with Gasteiger partial charge in [0.15, 0.2) is 0 Å². The topological polar surface area (TPSA) is 67.5 Å². The van der Waals surface area contributed by atoms with Gasteiger partial charge in [0.25, 0.3) is 0 Å². The average molecular weight is 209 g/mol. The largest absolute Gasteiger partial charge is 0.350 e. The van der Waals surface area contributed by atoms with Crippen molar-refractivity contribution in [3.63, 3.8) is 0 Å². The Kier molecular flexibility index (Phi) is 3.23. The molecule has 2 saturated carbocycles. The average Bonchev–Trinajstić information content (AvgIpc) is 2.26. The molecule has 15 heavy (non-hydrogen) atoms. The monoisotopic (exact) mass is 209 g/mol. The summed E-state index contributed by atoms with van der Waals surface area (Å²) in [7, 11) is 0. The molecule has 0 aromatic heterocycles. The van der Waals surface area contributed by atoms with Gasteiger partial charge in [-0.3, -0.25) is 0 Å². The molecule has 84 valence electrons. The maximum atomic E-state index is 10.5. The minimum absolute atomic E-state index is 0.562. The fourth-order valence-electron chi connectivity index (χ4n) is 2.93. The van der Waals surface area contributed by atoms with Crippen molar-refractivity contribution >= 4 is 11.7 Å². The smallest absolute Gasteiger partial charge is 0.332 e. The van der Waals surface area contributed by atoms with E-state index >= 15 is 0 Å². The van der Waals surface area contributed by atoms with Crippen LogP contribution >= 0.6 is 0 Å². The molecule has 0 spiro atoms.